The lowest BCUT2D eigenvalue weighted by molar-refractivity contribution is -0.385. The zero-order chi connectivity index (χ0) is 13.3. The molecule has 0 saturated carbocycles. The Balaban J connectivity index is 2.60. The third-order valence-corrected chi connectivity index (χ3v) is 2.43. The van der Waals surface area contributed by atoms with Crippen LogP contribution in [0.4, 0.5) is 5.69 Å². The van der Waals surface area contributed by atoms with Crippen molar-refractivity contribution in [3.8, 4) is 11.4 Å². The van der Waals surface area contributed by atoms with E-state index in [0.717, 1.165) is 0 Å². The van der Waals surface area contributed by atoms with Crippen molar-refractivity contribution in [1.82, 2.24) is 14.8 Å². The van der Waals surface area contributed by atoms with Crippen LogP contribution in [-0.4, -0.2) is 25.6 Å². The van der Waals surface area contributed by atoms with Crippen LogP contribution in [0.2, 0.25) is 0 Å². The van der Waals surface area contributed by atoms with Crippen LogP contribution in [0, 0.1) is 10.1 Å². The number of amides is 1. The Labute approximate surface area is 101 Å². The number of nitro benzene ring substituents is 1. The quantitative estimate of drug-likeness (QED) is 0.625. The predicted octanol–water partition coefficient (Wildman–Crippen LogP) is 0.489. The summed E-state index contributed by atoms with van der Waals surface area (Å²) in [6, 6.07) is 4.10. The van der Waals surface area contributed by atoms with E-state index >= 15 is 0 Å². The highest BCUT2D eigenvalue weighted by atomic mass is 16.6. The molecule has 0 spiro atoms. The predicted molar refractivity (Wildman–Crippen MR) is 61.6 cm³/mol. The van der Waals surface area contributed by atoms with Gasteiger partial charge in [0.15, 0.2) is 5.82 Å². The van der Waals surface area contributed by atoms with E-state index in [2.05, 4.69) is 10.2 Å². The van der Waals surface area contributed by atoms with Gasteiger partial charge in [0.05, 0.1) is 4.92 Å². The molecule has 0 saturated heterocycles. The molecule has 0 aliphatic carbocycles. The van der Waals surface area contributed by atoms with Gasteiger partial charge < -0.3 is 10.3 Å². The van der Waals surface area contributed by atoms with E-state index in [1.165, 1.54) is 24.5 Å². The van der Waals surface area contributed by atoms with E-state index in [1.807, 2.05) is 0 Å². The summed E-state index contributed by atoms with van der Waals surface area (Å²) in [6.45, 7) is 0. The van der Waals surface area contributed by atoms with Crippen LogP contribution in [0.3, 0.4) is 0 Å². The van der Waals surface area contributed by atoms with Gasteiger partial charge >= 0.3 is 0 Å². The summed E-state index contributed by atoms with van der Waals surface area (Å²) in [5.74, 6) is -0.375. The van der Waals surface area contributed by atoms with Gasteiger partial charge in [-0.2, -0.15) is 0 Å². The molecule has 1 aromatic carbocycles. The highest BCUT2D eigenvalue weighted by Crippen LogP contribution is 2.25. The molecule has 0 aliphatic rings. The summed E-state index contributed by atoms with van der Waals surface area (Å²) in [6.07, 6.45) is 1.48. The van der Waals surface area contributed by atoms with E-state index in [4.69, 9.17) is 5.73 Å². The number of hydrogen-bond acceptors (Lipinski definition) is 5. The van der Waals surface area contributed by atoms with Crippen LogP contribution >= 0.6 is 0 Å². The Hall–Kier alpha value is -2.77. The van der Waals surface area contributed by atoms with Gasteiger partial charge in [-0.3, -0.25) is 14.9 Å². The molecule has 0 bridgehead atoms. The second-order valence-corrected chi connectivity index (χ2v) is 3.62. The van der Waals surface area contributed by atoms with E-state index in [-0.39, 0.29) is 11.3 Å². The van der Waals surface area contributed by atoms with Gasteiger partial charge in [-0.25, -0.2) is 0 Å². The number of carbonyl (C=O) groups is 1. The fourth-order valence-corrected chi connectivity index (χ4v) is 1.57. The number of aryl methyl sites for hydroxylation is 1. The highest BCUT2D eigenvalue weighted by Gasteiger charge is 2.20. The first-order chi connectivity index (χ1) is 8.50. The van der Waals surface area contributed by atoms with Crippen LogP contribution in [0.5, 0.6) is 0 Å². The summed E-state index contributed by atoms with van der Waals surface area (Å²) >= 11 is 0. The molecule has 2 rings (SSSR count). The molecule has 2 aromatic rings. The number of benzene rings is 1. The van der Waals surface area contributed by atoms with Crippen molar-refractivity contribution in [1.29, 1.82) is 0 Å². The van der Waals surface area contributed by atoms with Crippen LogP contribution in [0.15, 0.2) is 24.5 Å². The fourth-order valence-electron chi connectivity index (χ4n) is 1.57. The zero-order valence-corrected chi connectivity index (χ0v) is 9.40. The lowest BCUT2D eigenvalue weighted by Crippen LogP contribution is -2.13. The fraction of sp³-hybridized carbons (Fsp3) is 0.100. The van der Waals surface area contributed by atoms with E-state index in [9.17, 15) is 14.9 Å². The van der Waals surface area contributed by atoms with Crippen molar-refractivity contribution >= 4 is 11.6 Å². The van der Waals surface area contributed by atoms with Gasteiger partial charge in [-0.15, -0.1) is 10.2 Å². The van der Waals surface area contributed by atoms with Gasteiger partial charge in [0.25, 0.3) is 11.6 Å². The Morgan fingerprint density at radius 1 is 1.50 bits per heavy atom. The molecule has 0 atom stereocenters. The first kappa shape index (κ1) is 11.7. The minimum absolute atomic E-state index is 0.133. The molecule has 1 aromatic heterocycles. The lowest BCUT2D eigenvalue weighted by atomic mass is 10.1. The van der Waals surface area contributed by atoms with Crippen molar-refractivity contribution in [3.05, 3.63) is 40.2 Å². The molecule has 1 heterocycles. The van der Waals surface area contributed by atoms with Gasteiger partial charge in [0.2, 0.25) is 0 Å². The number of carbonyl (C=O) groups excluding carboxylic acids is 1. The maximum atomic E-state index is 11.1. The standard InChI is InChI=1S/C10H9N5O3/c1-14-5-12-13-10(14)6-2-3-7(9(11)16)8(4-6)15(17)18/h2-5H,1H3,(H2,11,16). The van der Waals surface area contributed by atoms with Gasteiger partial charge in [0.1, 0.15) is 11.9 Å². The Kier molecular flexibility index (Phi) is 2.76. The lowest BCUT2D eigenvalue weighted by Gasteiger charge is -2.03. The van der Waals surface area contributed by atoms with E-state index in [1.54, 1.807) is 11.6 Å². The van der Waals surface area contributed by atoms with Crippen LogP contribution in [0.1, 0.15) is 10.4 Å². The second-order valence-electron chi connectivity index (χ2n) is 3.62. The number of primary amides is 1. The minimum Gasteiger partial charge on any atom is -0.365 e. The SMILES string of the molecule is Cn1cnnc1-c1ccc(C(N)=O)c([N+](=O)[O-])c1. The molecule has 18 heavy (non-hydrogen) atoms. The van der Waals surface area contributed by atoms with Gasteiger partial charge in [-0.1, -0.05) is 0 Å². The Morgan fingerprint density at radius 3 is 2.72 bits per heavy atom. The number of aromatic nitrogens is 3. The Morgan fingerprint density at radius 2 is 2.22 bits per heavy atom. The van der Waals surface area contributed by atoms with E-state index < -0.39 is 10.8 Å². The molecule has 0 radical (unpaired) electrons. The number of nitrogens with two attached hydrogens (primary N) is 1. The summed E-state index contributed by atoms with van der Waals surface area (Å²) in [7, 11) is 1.71. The molecule has 1 amide bonds. The summed E-state index contributed by atoms with van der Waals surface area (Å²) < 4.78 is 1.61. The van der Waals surface area contributed by atoms with Crippen molar-refractivity contribution in [2.24, 2.45) is 12.8 Å². The molecule has 0 unspecified atom stereocenters. The van der Waals surface area contributed by atoms with Gasteiger partial charge in [-0.05, 0) is 12.1 Å². The molecule has 8 nitrogen and oxygen atoms in total. The molecule has 92 valence electrons. The number of nitrogens with zero attached hydrogens (tertiary/aromatic N) is 4. The first-order valence-electron chi connectivity index (χ1n) is 4.93. The molecule has 2 N–H and O–H groups in total. The number of hydrogen-bond donors (Lipinski definition) is 1. The van der Waals surface area contributed by atoms with Gasteiger partial charge in [0, 0.05) is 18.7 Å². The number of rotatable bonds is 3. The minimum atomic E-state index is -0.841. The van der Waals surface area contributed by atoms with Crippen LogP contribution in [-0.2, 0) is 7.05 Å². The normalized spacial score (nSPS) is 10.3. The number of nitro groups is 1. The smallest absolute Gasteiger partial charge is 0.282 e. The maximum Gasteiger partial charge on any atom is 0.282 e. The first-order valence-corrected chi connectivity index (χ1v) is 4.93. The van der Waals surface area contributed by atoms with Crippen LogP contribution in [0.25, 0.3) is 11.4 Å². The summed E-state index contributed by atoms with van der Waals surface area (Å²) in [5, 5.41) is 18.4. The summed E-state index contributed by atoms with van der Waals surface area (Å²) in [5.41, 5.74) is 5.09. The average Bonchev–Trinajstić information content (AvgIpc) is 2.74. The second kappa shape index (κ2) is 4.24. The van der Waals surface area contributed by atoms with Crippen LogP contribution < -0.4 is 5.73 Å². The largest absolute Gasteiger partial charge is 0.365 e. The topological polar surface area (TPSA) is 117 Å². The maximum absolute atomic E-state index is 11.1. The summed E-state index contributed by atoms with van der Waals surface area (Å²) in [4.78, 5) is 21.3. The molecular weight excluding hydrogens is 238 g/mol. The van der Waals surface area contributed by atoms with Crippen molar-refractivity contribution in [2.45, 2.75) is 0 Å². The third kappa shape index (κ3) is 1.90. The van der Waals surface area contributed by atoms with Crippen molar-refractivity contribution in [2.75, 3.05) is 0 Å². The highest BCUT2D eigenvalue weighted by molar-refractivity contribution is 5.97. The zero-order valence-electron chi connectivity index (χ0n) is 9.40. The average molecular weight is 247 g/mol. The molecular formula is C10H9N5O3. The monoisotopic (exact) mass is 247 g/mol. The molecule has 8 heteroatoms. The molecule has 0 fully saturated rings. The van der Waals surface area contributed by atoms with Crippen molar-refractivity contribution < 1.29 is 9.72 Å². The Bertz CT molecular complexity index is 634. The third-order valence-electron chi connectivity index (χ3n) is 2.43. The van der Waals surface area contributed by atoms with E-state index in [0.29, 0.717) is 11.4 Å². The molecule has 0 aliphatic heterocycles. The van der Waals surface area contributed by atoms with Crippen molar-refractivity contribution in [3.63, 3.8) is 0 Å².